The van der Waals surface area contributed by atoms with Crippen LogP contribution in [0, 0.1) is 0 Å². The molecule has 1 amide bonds. The summed E-state index contributed by atoms with van der Waals surface area (Å²) < 4.78 is 5.50. The fourth-order valence-corrected chi connectivity index (χ4v) is 10.6. The van der Waals surface area contributed by atoms with Gasteiger partial charge < -0.3 is 20.3 Å². The number of carbonyl (C=O) groups excluding carboxylic acids is 2. The van der Waals surface area contributed by atoms with Crippen LogP contribution in [0.25, 0.3) is 0 Å². The van der Waals surface area contributed by atoms with Crippen molar-refractivity contribution in [2.45, 2.75) is 386 Å². The fourth-order valence-electron chi connectivity index (χ4n) is 10.6. The van der Waals surface area contributed by atoms with E-state index >= 15 is 0 Å². The summed E-state index contributed by atoms with van der Waals surface area (Å²) in [5.41, 5.74) is 0. The van der Waals surface area contributed by atoms with E-state index in [1.807, 2.05) is 6.08 Å². The van der Waals surface area contributed by atoms with Crippen LogP contribution >= 0.6 is 0 Å². The van der Waals surface area contributed by atoms with Crippen molar-refractivity contribution in [3.8, 4) is 0 Å². The Bertz CT molecular complexity index is 1230. The van der Waals surface area contributed by atoms with Crippen LogP contribution in [0.5, 0.6) is 0 Å². The molecule has 2 atom stereocenters. The molecule has 0 rings (SSSR count). The van der Waals surface area contributed by atoms with Crippen LogP contribution in [-0.4, -0.2) is 47.4 Å². The highest BCUT2D eigenvalue weighted by Crippen LogP contribution is 2.18. The van der Waals surface area contributed by atoms with Crippen LogP contribution in [0.15, 0.2) is 36.5 Å². The van der Waals surface area contributed by atoms with Gasteiger partial charge in [-0.05, 0) is 83.5 Å². The van der Waals surface area contributed by atoms with Crippen molar-refractivity contribution in [2.75, 3.05) is 13.2 Å². The summed E-state index contributed by atoms with van der Waals surface area (Å²) in [5, 5.41) is 23.2. The second-order valence-corrected chi connectivity index (χ2v) is 23.5. The largest absolute Gasteiger partial charge is 0.466 e. The van der Waals surface area contributed by atoms with Gasteiger partial charge in [0.25, 0.3) is 0 Å². The maximum Gasteiger partial charge on any atom is 0.305 e. The molecule has 0 heterocycles. The molecule has 0 aromatic rings. The van der Waals surface area contributed by atoms with E-state index in [1.54, 1.807) is 6.08 Å². The third-order valence-electron chi connectivity index (χ3n) is 15.9. The normalized spacial score (nSPS) is 12.7. The second-order valence-electron chi connectivity index (χ2n) is 23.5. The lowest BCUT2D eigenvalue weighted by Crippen LogP contribution is -2.45. The van der Waals surface area contributed by atoms with E-state index in [9.17, 15) is 19.8 Å². The molecule has 0 aliphatic rings. The van der Waals surface area contributed by atoms with Crippen LogP contribution in [0.2, 0.25) is 0 Å². The van der Waals surface area contributed by atoms with Crippen molar-refractivity contribution in [1.82, 2.24) is 5.32 Å². The van der Waals surface area contributed by atoms with Crippen molar-refractivity contribution in [3.05, 3.63) is 36.5 Å². The Hall–Kier alpha value is -1.92. The molecule has 2 unspecified atom stereocenters. The average molecular weight is 1070 g/mol. The highest BCUT2D eigenvalue weighted by molar-refractivity contribution is 5.76. The van der Waals surface area contributed by atoms with E-state index in [4.69, 9.17) is 4.74 Å². The van der Waals surface area contributed by atoms with Crippen molar-refractivity contribution in [3.63, 3.8) is 0 Å². The van der Waals surface area contributed by atoms with Gasteiger partial charge in [0.05, 0.1) is 25.4 Å². The Balaban J connectivity index is 3.43. The number of aliphatic hydroxyl groups is 2. The van der Waals surface area contributed by atoms with Crippen LogP contribution in [-0.2, 0) is 14.3 Å². The van der Waals surface area contributed by atoms with Gasteiger partial charge >= 0.3 is 5.97 Å². The number of esters is 1. The first-order chi connectivity index (χ1) is 37.5. The molecule has 3 N–H and O–H groups in total. The summed E-state index contributed by atoms with van der Waals surface area (Å²) in [6.07, 6.45) is 83.5. The van der Waals surface area contributed by atoms with Crippen LogP contribution in [0.3, 0.4) is 0 Å². The van der Waals surface area contributed by atoms with Gasteiger partial charge in [0, 0.05) is 12.8 Å². The van der Waals surface area contributed by atoms with Crippen LogP contribution < -0.4 is 5.32 Å². The Morgan fingerprint density at radius 1 is 0.355 bits per heavy atom. The van der Waals surface area contributed by atoms with Crippen molar-refractivity contribution < 1.29 is 24.5 Å². The van der Waals surface area contributed by atoms with E-state index in [1.165, 1.54) is 295 Å². The molecule has 0 aliphatic carbocycles. The maximum atomic E-state index is 12.5. The zero-order valence-corrected chi connectivity index (χ0v) is 51.3. The second kappa shape index (κ2) is 65.6. The Labute approximate surface area is 474 Å². The number of aliphatic hydroxyl groups excluding tert-OH is 2. The topological polar surface area (TPSA) is 95.9 Å². The van der Waals surface area contributed by atoms with Gasteiger partial charge in [0.1, 0.15) is 0 Å². The van der Waals surface area contributed by atoms with E-state index in [0.29, 0.717) is 19.4 Å². The summed E-state index contributed by atoms with van der Waals surface area (Å²) in [6, 6.07) is -0.633. The molecule has 0 fully saturated rings. The smallest absolute Gasteiger partial charge is 0.305 e. The first-order valence-electron chi connectivity index (χ1n) is 34.3. The molecule has 6 nitrogen and oxygen atoms in total. The molecule has 0 saturated carbocycles. The van der Waals surface area contributed by atoms with Crippen molar-refractivity contribution in [2.24, 2.45) is 0 Å². The molecule has 0 aromatic heterocycles. The summed E-state index contributed by atoms with van der Waals surface area (Å²) in [6.45, 7) is 4.92. The quantitative estimate of drug-likeness (QED) is 0.0320. The fraction of sp³-hybridized carbons (Fsp3) is 0.886. The Kier molecular flexibility index (Phi) is 63.9. The van der Waals surface area contributed by atoms with Crippen LogP contribution in [0.1, 0.15) is 373 Å². The Morgan fingerprint density at radius 3 is 0.934 bits per heavy atom. The predicted molar refractivity (Wildman–Crippen MR) is 333 cm³/mol. The van der Waals surface area contributed by atoms with Gasteiger partial charge in [-0.15, -0.1) is 0 Å². The number of hydrogen-bond acceptors (Lipinski definition) is 5. The number of ether oxygens (including phenoxy) is 1. The van der Waals surface area contributed by atoms with E-state index < -0.39 is 12.1 Å². The SMILES string of the molecule is CCCCCCCC/C=C\CCCCCCCCCC(=O)OCCCCCCCCCCCCCC/C=C\CCCCCCCCCC(=O)NC(CO)C(O)/C=C/CCCCCCCCCCCCCCCCCCC. The van der Waals surface area contributed by atoms with Gasteiger partial charge in [-0.1, -0.05) is 314 Å². The summed E-state index contributed by atoms with van der Waals surface area (Å²) >= 11 is 0. The van der Waals surface area contributed by atoms with Gasteiger partial charge in [0.2, 0.25) is 5.91 Å². The zero-order valence-electron chi connectivity index (χ0n) is 51.3. The lowest BCUT2D eigenvalue weighted by Gasteiger charge is -2.20. The minimum absolute atomic E-state index is 0.00807. The number of rotatable bonds is 64. The molecule has 0 aromatic carbocycles. The zero-order chi connectivity index (χ0) is 55.0. The van der Waals surface area contributed by atoms with Gasteiger partial charge in [-0.3, -0.25) is 9.59 Å². The first-order valence-corrected chi connectivity index (χ1v) is 34.3. The molecule has 0 spiro atoms. The minimum Gasteiger partial charge on any atom is -0.466 e. The molecule has 0 bridgehead atoms. The lowest BCUT2D eigenvalue weighted by atomic mass is 10.0. The maximum absolute atomic E-state index is 12.5. The van der Waals surface area contributed by atoms with Gasteiger partial charge in [0.15, 0.2) is 0 Å². The van der Waals surface area contributed by atoms with E-state index in [2.05, 4.69) is 43.5 Å². The summed E-state index contributed by atoms with van der Waals surface area (Å²) in [5.74, 6) is -0.0635. The molecular weight excluding hydrogens is 935 g/mol. The summed E-state index contributed by atoms with van der Waals surface area (Å²) in [4.78, 5) is 24.6. The summed E-state index contributed by atoms with van der Waals surface area (Å²) in [7, 11) is 0. The number of nitrogens with one attached hydrogen (secondary N) is 1. The monoisotopic (exact) mass is 1070 g/mol. The predicted octanol–water partition coefficient (Wildman–Crippen LogP) is 21.9. The van der Waals surface area contributed by atoms with E-state index in [-0.39, 0.29) is 18.5 Å². The van der Waals surface area contributed by atoms with Crippen molar-refractivity contribution in [1.29, 1.82) is 0 Å². The molecular formula is C70H133NO5. The molecule has 0 saturated heterocycles. The first kappa shape index (κ1) is 74.1. The molecule has 76 heavy (non-hydrogen) atoms. The third kappa shape index (κ3) is 61.3. The lowest BCUT2D eigenvalue weighted by molar-refractivity contribution is -0.143. The number of amides is 1. The number of unbranched alkanes of at least 4 members (excludes halogenated alkanes) is 49. The van der Waals surface area contributed by atoms with E-state index in [0.717, 1.165) is 51.4 Å². The van der Waals surface area contributed by atoms with Gasteiger partial charge in [-0.25, -0.2) is 0 Å². The number of carbonyl (C=O) groups is 2. The molecule has 0 radical (unpaired) electrons. The molecule has 0 aliphatic heterocycles. The number of hydrogen-bond donors (Lipinski definition) is 3. The number of allylic oxidation sites excluding steroid dienone is 5. The van der Waals surface area contributed by atoms with Crippen LogP contribution in [0.4, 0.5) is 0 Å². The Morgan fingerprint density at radius 2 is 0.618 bits per heavy atom. The molecule has 6 heteroatoms. The van der Waals surface area contributed by atoms with Gasteiger partial charge in [-0.2, -0.15) is 0 Å². The minimum atomic E-state index is -0.849. The average Bonchev–Trinajstić information content (AvgIpc) is 3.42. The molecule has 448 valence electrons. The third-order valence-corrected chi connectivity index (χ3v) is 15.9. The standard InChI is InChI=1S/C70H133NO5/c1-3-5-7-9-11-13-15-17-19-21-27-31-34-38-42-46-50-54-58-62-68(73)67(66-72)71-69(74)63-59-55-51-47-43-39-35-32-28-25-23-22-24-26-29-33-37-41-45-49-53-57-61-65-76-70(75)64-60-56-52-48-44-40-36-30-20-18-16-14-12-10-8-6-4-2/h18,20,25,28,58,62,67-68,72-73H,3-17,19,21-24,26-27,29-57,59-61,63-66H2,1-2H3,(H,71,74)/b20-18-,28-25-,62-58+. The highest BCUT2D eigenvalue weighted by atomic mass is 16.5. The van der Waals surface area contributed by atoms with Crippen molar-refractivity contribution >= 4 is 11.9 Å². The highest BCUT2D eigenvalue weighted by Gasteiger charge is 2.18.